The van der Waals surface area contributed by atoms with Crippen LogP contribution in [0.25, 0.3) is 0 Å². The largest absolute Gasteiger partial charge is 0.460 e. The Kier molecular flexibility index (Phi) is 7.70. The minimum absolute atomic E-state index is 0.217. The number of aromatic nitrogens is 2. The van der Waals surface area contributed by atoms with Crippen molar-refractivity contribution < 1.29 is 9.53 Å². The molecule has 0 saturated carbocycles. The number of rotatable bonds is 10. The van der Waals surface area contributed by atoms with E-state index in [4.69, 9.17) is 4.74 Å². The van der Waals surface area contributed by atoms with E-state index in [9.17, 15) is 4.79 Å². The van der Waals surface area contributed by atoms with Crippen LogP contribution in [-0.2, 0) is 29.0 Å². The van der Waals surface area contributed by atoms with Gasteiger partial charge in [0.1, 0.15) is 6.61 Å². The molecule has 5 nitrogen and oxygen atoms in total. The van der Waals surface area contributed by atoms with Gasteiger partial charge in [0.25, 0.3) is 0 Å². The van der Waals surface area contributed by atoms with E-state index in [-0.39, 0.29) is 12.5 Å². The molecule has 3 aromatic rings. The van der Waals surface area contributed by atoms with Crippen molar-refractivity contribution in [2.75, 3.05) is 19.6 Å². The number of hydrogen-bond donors (Lipinski definition) is 0. The van der Waals surface area contributed by atoms with E-state index in [1.165, 1.54) is 0 Å². The molecule has 1 aromatic carbocycles. The molecule has 0 amide bonds. The lowest BCUT2D eigenvalue weighted by molar-refractivity contribution is -0.146. The van der Waals surface area contributed by atoms with Gasteiger partial charge in [-0.05, 0) is 29.8 Å². The zero-order chi connectivity index (χ0) is 19.4. The molecule has 0 spiro atoms. The third kappa shape index (κ3) is 6.93. The molecular formula is C23H25N3O2. The number of carbonyl (C=O) groups is 1. The van der Waals surface area contributed by atoms with Gasteiger partial charge in [0.05, 0.1) is 6.54 Å². The van der Waals surface area contributed by atoms with Crippen LogP contribution in [0.4, 0.5) is 0 Å². The number of benzene rings is 1. The quantitative estimate of drug-likeness (QED) is 0.509. The third-order valence-corrected chi connectivity index (χ3v) is 4.42. The minimum atomic E-state index is -0.217. The van der Waals surface area contributed by atoms with Crippen molar-refractivity contribution in [2.24, 2.45) is 0 Å². The number of hydrogen-bond acceptors (Lipinski definition) is 5. The summed E-state index contributed by atoms with van der Waals surface area (Å²) in [7, 11) is 0. The SMILES string of the molecule is O=C(CN(CCc1ccccn1)CCc1ccccn1)OCc1ccccc1. The molecule has 0 radical (unpaired) electrons. The highest BCUT2D eigenvalue weighted by Crippen LogP contribution is 2.04. The van der Waals surface area contributed by atoms with Gasteiger partial charge in [-0.15, -0.1) is 0 Å². The maximum absolute atomic E-state index is 12.4. The third-order valence-electron chi connectivity index (χ3n) is 4.42. The Morgan fingerprint density at radius 3 is 1.89 bits per heavy atom. The molecule has 0 N–H and O–H groups in total. The predicted octanol–water partition coefficient (Wildman–Crippen LogP) is 3.31. The Hall–Kier alpha value is -3.05. The molecule has 0 aliphatic carbocycles. The van der Waals surface area contributed by atoms with Crippen LogP contribution in [-0.4, -0.2) is 40.5 Å². The van der Waals surface area contributed by atoms with E-state index in [0.29, 0.717) is 6.61 Å². The summed E-state index contributed by atoms with van der Waals surface area (Å²) in [6, 6.07) is 21.5. The lowest BCUT2D eigenvalue weighted by Crippen LogP contribution is -2.34. The number of pyridine rings is 2. The van der Waals surface area contributed by atoms with Crippen molar-refractivity contribution in [1.82, 2.24) is 14.9 Å². The second kappa shape index (κ2) is 10.9. The van der Waals surface area contributed by atoms with E-state index in [2.05, 4.69) is 14.9 Å². The van der Waals surface area contributed by atoms with Crippen LogP contribution in [0, 0.1) is 0 Å². The van der Waals surface area contributed by atoms with E-state index in [0.717, 1.165) is 42.9 Å². The molecule has 0 aliphatic heterocycles. The number of carbonyl (C=O) groups excluding carboxylic acids is 1. The molecule has 0 unspecified atom stereocenters. The van der Waals surface area contributed by atoms with Gasteiger partial charge in [0.15, 0.2) is 0 Å². The number of ether oxygens (including phenoxy) is 1. The monoisotopic (exact) mass is 375 g/mol. The van der Waals surface area contributed by atoms with Crippen LogP contribution in [0.15, 0.2) is 79.1 Å². The number of nitrogens with zero attached hydrogens (tertiary/aromatic N) is 3. The van der Waals surface area contributed by atoms with Gasteiger partial charge in [-0.1, -0.05) is 42.5 Å². The van der Waals surface area contributed by atoms with Crippen molar-refractivity contribution in [2.45, 2.75) is 19.4 Å². The van der Waals surface area contributed by atoms with Gasteiger partial charge in [0, 0.05) is 49.7 Å². The minimum Gasteiger partial charge on any atom is -0.460 e. The summed E-state index contributed by atoms with van der Waals surface area (Å²) in [5.41, 5.74) is 3.02. The Morgan fingerprint density at radius 1 is 0.786 bits per heavy atom. The second-order valence-electron chi connectivity index (χ2n) is 6.56. The van der Waals surface area contributed by atoms with Crippen molar-refractivity contribution >= 4 is 5.97 Å². The lowest BCUT2D eigenvalue weighted by atomic mass is 10.2. The van der Waals surface area contributed by atoms with Gasteiger partial charge in [-0.3, -0.25) is 19.7 Å². The van der Waals surface area contributed by atoms with Crippen molar-refractivity contribution in [3.63, 3.8) is 0 Å². The van der Waals surface area contributed by atoms with E-state index >= 15 is 0 Å². The van der Waals surface area contributed by atoms with Crippen LogP contribution in [0.3, 0.4) is 0 Å². The van der Waals surface area contributed by atoms with E-state index in [1.807, 2.05) is 66.7 Å². The molecule has 0 aliphatic rings. The summed E-state index contributed by atoms with van der Waals surface area (Å²) >= 11 is 0. The summed E-state index contributed by atoms with van der Waals surface area (Å²) in [6.07, 6.45) is 5.16. The first kappa shape index (κ1) is 19.7. The predicted molar refractivity (Wildman–Crippen MR) is 109 cm³/mol. The second-order valence-corrected chi connectivity index (χ2v) is 6.56. The first-order chi connectivity index (χ1) is 13.8. The van der Waals surface area contributed by atoms with Crippen LogP contribution < -0.4 is 0 Å². The molecule has 0 bridgehead atoms. The maximum atomic E-state index is 12.4. The van der Waals surface area contributed by atoms with Gasteiger partial charge in [0.2, 0.25) is 0 Å². The van der Waals surface area contributed by atoms with Crippen molar-refractivity contribution in [3.05, 3.63) is 96.1 Å². The van der Waals surface area contributed by atoms with Gasteiger partial charge < -0.3 is 4.74 Å². The van der Waals surface area contributed by atoms with Gasteiger partial charge in [-0.2, -0.15) is 0 Å². The van der Waals surface area contributed by atoms with E-state index in [1.54, 1.807) is 12.4 Å². The zero-order valence-electron chi connectivity index (χ0n) is 15.9. The van der Waals surface area contributed by atoms with Crippen LogP contribution in [0.2, 0.25) is 0 Å². The summed E-state index contributed by atoms with van der Waals surface area (Å²) < 4.78 is 5.45. The standard InChI is InChI=1S/C23H25N3O2/c27-23(28-19-20-8-2-1-3-9-20)18-26(16-12-21-10-4-6-14-24-21)17-13-22-11-5-7-15-25-22/h1-11,14-15H,12-13,16-19H2. The summed E-state index contributed by atoms with van der Waals surface area (Å²) in [4.78, 5) is 23.2. The summed E-state index contributed by atoms with van der Waals surface area (Å²) in [5, 5.41) is 0. The molecule has 3 rings (SSSR count). The fourth-order valence-corrected chi connectivity index (χ4v) is 2.87. The number of esters is 1. The Balaban J connectivity index is 1.53. The molecule has 2 aromatic heterocycles. The molecular weight excluding hydrogens is 350 g/mol. The molecule has 0 saturated heterocycles. The van der Waals surface area contributed by atoms with Crippen LogP contribution in [0.1, 0.15) is 17.0 Å². The smallest absolute Gasteiger partial charge is 0.320 e. The van der Waals surface area contributed by atoms with Crippen molar-refractivity contribution in [3.8, 4) is 0 Å². The Morgan fingerprint density at radius 2 is 1.36 bits per heavy atom. The van der Waals surface area contributed by atoms with Crippen LogP contribution in [0.5, 0.6) is 0 Å². The lowest BCUT2D eigenvalue weighted by Gasteiger charge is -2.21. The highest BCUT2D eigenvalue weighted by atomic mass is 16.5. The average Bonchev–Trinajstić information content (AvgIpc) is 2.76. The Bertz CT molecular complexity index is 783. The summed E-state index contributed by atoms with van der Waals surface area (Å²) in [5.74, 6) is -0.217. The molecule has 28 heavy (non-hydrogen) atoms. The fourth-order valence-electron chi connectivity index (χ4n) is 2.87. The first-order valence-corrected chi connectivity index (χ1v) is 9.51. The summed E-state index contributed by atoms with van der Waals surface area (Å²) in [6.45, 7) is 2.04. The molecule has 0 fully saturated rings. The maximum Gasteiger partial charge on any atom is 0.320 e. The van der Waals surface area contributed by atoms with Crippen LogP contribution >= 0.6 is 0 Å². The fraction of sp³-hybridized carbons (Fsp3) is 0.261. The topological polar surface area (TPSA) is 55.3 Å². The normalized spacial score (nSPS) is 10.8. The zero-order valence-corrected chi connectivity index (χ0v) is 15.9. The average molecular weight is 375 g/mol. The Labute approximate surface area is 166 Å². The first-order valence-electron chi connectivity index (χ1n) is 9.51. The van der Waals surface area contributed by atoms with Crippen molar-refractivity contribution in [1.29, 1.82) is 0 Å². The molecule has 0 atom stereocenters. The van der Waals surface area contributed by atoms with E-state index < -0.39 is 0 Å². The van der Waals surface area contributed by atoms with Gasteiger partial charge in [-0.25, -0.2) is 0 Å². The molecule has 144 valence electrons. The van der Waals surface area contributed by atoms with Gasteiger partial charge >= 0.3 is 5.97 Å². The molecule has 2 heterocycles. The highest BCUT2D eigenvalue weighted by Gasteiger charge is 2.13. The highest BCUT2D eigenvalue weighted by molar-refractivity contribution is 5.71. The molecule has 5 heteroatoms.